The van der Waals surface area contributed by atoms with Gasteiger partial charge in [-0.2, -0.15) is 5.10 Å². The van der Waals surface area contributed by atoms with Crippen LogP contribution in [0.4, 0.5) is 4.79 Å². The molecule has 0 aliphatic heterocycles. The van der Waals surface area contributed by atoms with E-state index in [0.717, 1.165) is 16.8 Å². The smallest absolute Gasteiger partial charge is 0.315 e. The van der Waals surface area contributed by atoms with Gasteiger partial charge in [-0.15, -0.1) is 0 Å². The molecule has 0 bridgehead atoms. The van der Waals surface area contributed by atoms with Crippen LogP contribution in [0.25, 0.3) is 5.69 Å². The number of hydrogen-bond donors (Lipinski definition) is 2. The van der Waals surface area contributed by atoms with Gasteiger partial charge in [0.05, 0.1) is 11.9 Å². The van der Waals surface area contributed by atoms with Crippen LogP contribution in [0.2, 0.25) is 10.0 Å². The second kappa shape index (κ2) is 8.74. The van der Waals surface area contributed by atoms with Gasteiger partial charge in [0, 0.05) is 34.9 Å². The minimum absolute atomic E-state index is 0.231. The predicted molar refractivity (Wildman–Crippen MR) is 104 cm³/mol. The minimum Gasteiger partial charge on any atom is -0.338 e. The molecule has 134 valence electrons. The average Bonchev–Trinajstić information content (AvgIpc) is 3.09. The van der Waals surface area contributed by atoms with E-state index in [2.05, 4.69) is 15.7 Å². The van der Waals surface area contributed by atoms with Crippen molar-refractivity contribution < 1.29 is 4.79 Å². The zero-order chi connectivity index (χ0) is 18.4. The molecule has 2 aromatic carbocycles. The van der Waals surface area contributed by atoms with Gasteiger partial charge in [-0.25, -0.2) is 9.48 Å². The van der Waals surface area contributed by atoms with E-state index in [0.29, 0.717) is 29.6 Å². The van der Waals surface area contributed by atoms with Gasteiger partial charge in [-0.3, -0.25) is 0 Å². The molecule has 2 amide bonds. The van der Waals surface area contributed by atoms with Crippen LogP contribution in [0.15, 0.2) is 60.9 Å². The molecule has 0 spiro atoms. The van der Waals surface area contributed by atoms with Crippen LogP contribution in [0.1, 0.15) is 11.1 Å². The molecule has 1 heterocycles. The molecule has 0 fully saturated rings. The third-order valence-corrected chi connectivity index (χ3v) is 4.17. The van der Waals surface area contributed by atoms with Crippen LogP contribution in [0.3, 0.4) is 0 Å². The number of halogens is 2. The van der Waals surface area contributed by atoms with Crippen molar-refractivity contribution in [3.8, 4) is 5.69 Å². The van der Waals surface area contributed by atoms with Gasteiger partial charge >= 0.3 is 6.03 Å². The number of benzene rings is 2. The number of urea groups is 1. The lowest BCUT2D eigenvalue weighted by molar-refractivity contribution is 0.240. The van der Waals surface area contributed by atoms with Crippen LogP contribution in [-0.2, 0) is 13.0 Å². The SMILES string of the molecule is O=C(NCCc1cc(Cl)cc(Cl)c1)NCc1cnn(-c2ccccc2)c1. The Kier molecular flexibility index (Phi) is 6.15. The number of aromatic nitrogens is 2. The molecule has 0 saturated heterocycles. The molecule has 0 saturated carbocycles. The summed E-state index contributed by atoms with van der Waals surface area (Å²) in [5.74, 6) is 0. The van der Waals surface area contributed by atoms with Crippen molar-refractivity contribution in [1.82, 2.24) is 20.4 Å². The van der Waals surface area contributed by atoms with E-state index < -0.39 is 0 Å². The highest BCUT2D eigenvalue weighted by Gasteiger charge is 2.04. The maximum Gasteiger partial charge on any atom is 0.315 e. The van der Waals surface area contributed by atoms with E-state index in [1.54, 1.807) is 16.9 Å². The van der Waals surface area contributed by atoms with E-state index in [-0.39, 0.29) is 6.03 Å². The summed E-state index contributed by atoms with van der Waals surface area (Å²) in [5, 5.41) is 11.1. The summed E-state index contributed by atoms with van der Waals surface area (Å²) in [7, 11) is 0. The lowest BCUT2D eigenvalue weighted by Crippen LogP contribution is -2.36. The summed E-state index contributed by atoms with van der Waals surface area (Å²) in [4.78, 5) is 11.9. The lowest BCUT2D eigenvalue weighted by Gasteiger charge is -2.07. The van der Waals surface area contributed by atoms with E-state index in [1.807, 2.05) is 48.7 Å². The monoisotopic (exact) mass is 388 g/mol. The third-order valence-electron chi connectivity index (χ3n) is 3.73. The number of carbonyl (C=O) groups excluding carboxylic acids is 1. The molecule has 26 heavy (non-hydrogen) atoms. The molecular formula is C19H18Cl2N4O. The van der Waals surface area contributed by atoms with E-state index >= 15 is 0 Å². The topological polar surface area (TPSA) is 59.0 Å². The molecule has 1 aromatic heterocycles. The van der Waals surface area contributed by atoms with Crippen LogP contribution in [0, 0.1) is 0 Å². The fourth-order valence-corrected chi connectivity index (χ4v) is 3.07. The Hall–Kier alpha value is -2.50. The van der Waals surface area contributed by atoms with Crippen LogP contribution < -0.4 is 10.6 Å². The van der Waals surface area contributed by atoms with Crippen molar-refractivity contribution >= 4 is 29.2 Å². The number of nitrogens with one attached hydrogen (secondary N) is 2. The number of amides is 2. The molecule has 2 N–H and O–H groups in total. The highest BCUT2D eigenvalue weighted by molar-refractivity contribution is 6.34. The number of hydrogen-bond acceptors (Lipinski definition) is 2. The standard InChI is InChI=1S/C19H18Cl2N4O/c20-16-8-14(9-17(21)10-16)6-7-22-19(26)23-11-15-12-24-25(13-15)18-4-2-1-3-5-18/h1-5,8-10,12-13H,6-7,11H2,(H2,22,23,26). The molecule has 3 rings (SSSR count). The number of nitrogens with zero attached hydrogens (tertiary/aromatic N) is 2. The van der Waals surface area contributed by atoms with Gasteiger partial charge in [0.15, 0.2) is 0 Å². The van der Waals surface area contributed by atoms with Gasteiger partial charge < -0.3 is 10.6 Å². The first-order chi connectivity index (χ1) is 12.6. The molecule has 0 aliphatic carbocycles. The molecular weight excluding hydrogens is 371 g/mol. The number of carbonyl (C=O) groups is 1. The predicted octanol–water partition coefficient (Wildman–Crippen LogP) is 4.22. The summed E-state index contributed by atoms with van der Waals surface area (Å²) >= 11 is 11.9. The zero-order valence-electron chi connectivity index (χ0n) is 14.0. The Morgan fingerprint density at radius 3 is 2.46 bits per heavy atom. The summed E-state index contributed by atoms with van der Waals surface area (Å²) < 4.78 is 1.78. The Morgan fingerprint density at radius 1 is 1.00 bits per heavy atom. The summed E-state index contributed by atoms with van der Waals surface area (Å²) in [6, 6.07) is 14.9. The lowest BCUT2D eigenvalue weighted by atomic mass is 10.1. The molecule has 7 heteroatoms. The van der Waals surface area contributed by atoms with E-state index in [4.69, 9.17) is 23.2 Å². The van der Waals surface area contributed by atoms with Gasteiger partial charge in [-0.1, -0.05) is 41.4 Å². The number of rotatable bonds is 6. The van der Waals surface area contributed by atoms with Gasteiger partial charge in [0.2, 0.25) is 0 Å². The minimum atomic E-state index is -0.231. The number of para-hydroxylation sites is 1. The van der Waals surface area contributed by atoms with Crippen molar-refractivity contribution in [1.29, 1.82) is 0 Å². The second-order valence-electron chi connectivity index (χ2n) is 5.77. The highest BCUT2D eigenvalue weighted by atomic mass is 35.5. The van der Waals surface area contributed by atoms with Crippen molar-refractivity contribution in [3.05, 3.63) is 82.1 Å². The quantitative estimate of drug-likeness (QED) is 0.663. The molecule has 0 unspecified atom stereocenters. The fraction of sp³-hybridized carbons (Fsp3) is 0.158. The van der Waals surface area contributed by atoms with Crippen molar-refractivity contribution in [2.24, 2.45) is 0 Å². The first-order valence-corrected chi connectivity index (χ1v) is 8.91. The summed E-state index contributed by atoms with van der Waals surface area (Å²) in [5.41, 5.74) is 2.88. The summed E-state index contributed by atoms with van der Waals surface area (Å²) in [6.45, 7) is 0.896. The fourth-order valence-electron chi connectivity index (χ4n) is 2.49. The molecule has 0 atom stereocenters. The Bertz CT molecular complexity index is 860. The zero-order valence-corrected chi connectivity index (χ0v) is 15.5. The van der Waals surface area contributed by atoms with Crippen molar-refractivity contribution in [2.45, 2.75) is 13.0 Å². The Morgan fingerprint density at radius 2 is 1.73 bits per heavy atom. The largest absolute Gasteiger partial charge is 0.338 e. The first kappa shape index (κ1) is 18.3. The molecule has 3 aromatic rings. The highest BCUT2D eigenvalue weighted by Crippen LogP contribution is 2.19. The van der Waals surface area contributed by atoms with Crippen molar-refractivity contribution in [3.63, 3.8) is 0 Å². The Balaban J connectivity index is 1.44. The first-order valence-electron chi connectivity index (χ1n) is 8.16. The molecule has 5 nitrogen and oxygen atoms in total. The van der Waals surface area contributed by atoms with Gasteiger partial charge in [-0.05, 0) is 42.3 Å². The van der Waals surface area contributed by atoms with Crippen LogP contribution >= 0.6 is 23.2 Å². The Labute approximate surface area is 161 Å². The molecule has 0 aliphatic rings. The maximum absolute atomic E-state index is 11.9. The average molecular weight is 389 g/mol. The van der Waals surface area contributed by atoms with Crippen molar-refractivity contribution in [2.75, 3.05) is 6.54 Å². The molecule has 0 radical (unpaired) electrons. The van der Waals surface area contributed by atoms with E-state index in [1.165, 1.54) is 0 Å². The van der Waals surface area contributed by atoms with E-state index in [9.17, 15) is 4.79 Å². The van der Waals surface area contributed by atoms with Gasteiger partial charge in [0.25, 0.3) is 0 Å². The normalized spacial score (nSPS) is 10.5. The third kappa shape index (κ3) is 5.25. The summed E-state index contributed by atoms with van der Waals surface area (Å²) in [6.07, 6.45) is 4.28. The second-order valence-corrected chi connectivity index (χ2v) is 6.64. The van der Waals surface area contributed by atoms with Crippen LogP contribution in [0.5, 0.6) is 0 Å². The van der Waals surface area contributed by atoms with Gasteiger partial charge in [0.1, 0.15) is 0 Å². The maximum atomic E-state index is 11.9. The van der Waals surface area contributed by atoms with Crippen LogP contribution in [-0.4, -0.2) is 22.4 Å².